The van der Waals surface area contributed by atoms with E-state index in [1.807, 2.05) is 11.3 Å². The van der Waals surface area contributed by atoms with Crippen LogP contribution in [-0.2, 0) is 13.1 Å². The van der Waals surface area contributed by atoms with Crippen LogP contribution in [0.25, 0.3) is 0 Å². The first-order valence-electron chi connectivity index (χ1n) is 8.24. The van der Waals surface area contributed by atoms with Crippen LogP contribution < -0.4 is 5.32 Å². The van der Waals surface area contributed by atoms with Gasteiger partial charge < -0.3 is 5.32 Å². The van der Waals surface area contributed by atoms with E-state index >= 15 is 0 Å². The van der Waals surface area contributed by atoms with Crippen molar-refractivity contribution in [1.29, 1.82) is 0 Å². The Bertz CT molecular complexity index is 386. The van der Waals surface area contributed by atoms with E-state index in [-0.39, 0.29) is 0 Å². The van der Waals surface area contributed by atoms with Crippen LogP contribution in [0.5, 0.6) is 0 Å². The number of hydrogen-bond acceptors (Lipinski definition) is 3. The lowest BCUT2D eigenvalue weighted by atomic mass is 10.1. The molecule has 2 rings (SSSR count). The third kappa shape index (κ3) is 4.87. The minimum atomic E-state index is 0.565. The third-order valence-corrected chi connectivity index (χ3v) is 5.30. The minimum absolute atomic E-state index is 0.565. The molecule has 1 saturated heterocycles. The van der Waals surface area contributed by atoms with Gasteiger partial charge in [-0.2, -0.15) is 0 Å². The Morgan fingerprint density at radius 3 is 2.80 bits per heavy atom. The predicted molar refractivity (Wildman–Crippen MR) is 89.3 cm³/mol. The van der Waals surface area contributed by atoms with E-state index in [0.29, 0.717) is 6.04 Å². The van der Waals surface area contributed by atoms with E-state index in [9.17, 15) is 0 Å². The maximum absolute atomic E-state index is 3.51. The van der Waals surface area contributed by atoms with E-state index in [4.69, 9.17) is 0 Å². The smallest absolute Gasteiger partial charge is 0.0330 e. The second-order valence-electron chi connectivity index (χ2n) is 6.29. The average molecular weight is 295 g/mol. The van der Waals surface area contributed by atoms with Gasteiger partial charge in [-0.25, -0.2) is 0 Å². The first kappa shape index (κ1) is 16.0. The molecule has 3 heteroatoms. The fourth-order valence-corrected chi connectivity index (χ4v) is 4.01. The van der Waals surface area contributed by atoms with Crippen molar-refractivity contribution in [3.8, 4) is 0 Å². The molecule has 0 spiro atoms. The summed E-state index contributed by atoms with van der Waals surface area (Å²) in [6.07, 6.45) is 6.91. The fraction of sp³-hybridized carbons (Fsp3) is 0.765. The molecule has 0 radical (unpaired) electrons. The normalized spacial score (nSPS) is 21.3. The summed E-state index contributed by atoms with van der Waals surface area (Å²) in [5.74, 6) is 0. The van der Waals surface area contributed by atoms with E-state index < -0.39 is 0 Å². The van der Waals surface area contributed by atoms with Crippen LogP contribution in [0.3, 0.4) is 0 Å². The second-order valence-corrected chi connectivity index (χ2v) is 7.54. The van der Waals surface area contributed by atoms with Crippen molar-refractivity contribution in [1.82, 2.24) is 10.2 Å². The quantitative estimate of drug-likeness (QED) is 0.836. The highest BCUT2D eigenvalue weighted by Crippen LogP contribution is 2.24. The highest BCUT2D eigenvalue weighted by atomic mass is 32.1. The molecular formula is C17H30N2S. The summed E-state index contributed by atoms with van der Waals surface area (Å²) in [5.41, 5.74) is 0. The molecule has 1 unspecified atom stereocenters. The van der Waals surface area contributed by atoms with Crippen molar-refractivity contribution in [3.63, 3.8) is 0 Å². The van der Waals surface area contributed by atoms with Gasteiger partial charge in [0.25, 0.3) is 0 Å². The lowest BCUT2D eigenvalue weighted by Crippen LogP contribution is -2.33. The summed E-state index contributed by atoms with van der Waals surface area (Å²) in [6, 6.07) is 6.00. The van der Waals surface area contributed by atoms with Gasteiger partial charge in [0.05, 0.1) is 0 Å². The summed E-state index contributed by atoms with van der Waals surface area (Å²) >= 11 is 1.98. The number of rotatable bonds is 6. The van der Waals surface area contributed by atoms with E-state index in [1.165, 1.54) is 48.4 Å². The fourth-order valence-electron chi connectivity index (χ4n) is 3.01. The molecule has 1 fully saturated rings. The largest absolute Gasteiger partial charge is 0.310 e. The molecule has 0 amide bonds. The molecule has 1 aromatic rings. The van der Waals surface area contributed by atoms with Crippen molar-refractivity contribution < 1.29 is 0 Å². The molecule has 20 heavy (non-hydrogen) atoms. The minimum Gasteiger partial charge on any atom is -0.310 e. The maximum Gasteiger partial charge on any atom is 0.0330 e. The van der Waals surface area contributed by atoms with Gasteiger partial charge in [0.2, 0.25) is 0 Å². The van der Waals surface area contributed by atoms with Gasteiger partial charge in [-0.1, -0.05) is 33.6 Å². The predicted octanol–water partition coefficient (Wildman–Crippen LogP) is 4.40. The van der Waals surface area contributed by atoms with Gasteiger partial charge >= 0.3 is 0 Å². The van der Waals surface area contributed by atoms with Crippen molar-refractivity contribution >= 4 is 11.3 Å². The third-order valence-electron chi connectivity index (χ3n) is 4.23. The van der Waals surface area contributed by atoms with Crippen LogP contribution in [0.1, 0.15) is 62.6 Å². The average Bonchev–Trinajstić information content (AvgIpc) is 2.75. The molecule has 0 aromatic carbocycles. The maximum atomic E-state index is 3.51. The molecule has 0 bridgehead atoms. The Kier molecular flexibility index (Phi) is 6.53. The van der Waals surface area contributed by atoms with Crippen molar-refractivity contribution in [3.05, 3.63) is 21.9 Å². The molecule has 2 nitrogen and oxygen atoms in total. The van der Waals surface area contributed by atoms with Crippen molar-refractivity contribution in [2.45, 2.75) is 78.0 Å². The Morgan fingerprint density at radius 2 is 2.05 bits per heavy atom. The number of likely N-dealkylation sites (tertiary alicyclic amines) is 1. The first-order valence-corrected chi connectivity index (χ1v) is 9.05. The zero-order chi connectivity index (χ0) is 14.4. The lowest BCUT2D eigenvalue weighted by Gasteiger charge is -2.28. The summed E-state index contributed by atoms with van der Waals surface area (Å²) in [4.78, 5) is 5.72. The Labute approximate surface area is 128 Å². The summed E-state index contributed by atoms with van der Waals surface area (Å²) in [6.45, 7) is 10.2. The van der Waals surface area contributed by atoms with Crippen LogP contribution in [0.2, 0.25) is 0 Å². The zero-order valence-electron chi connectivity index (χ0n) is 13.3. The van der Waals surface area contributed by atoms with Crippen molar-refractivity contribution in [2.24, 2.45) is 0 Å². The number of nitrogens with zero attached hydrogens (tertiary/aromatic N) is 1. The molecular weight excluding hydrogens is 264 g/mol. The van der Waals surface area contributed by atoms with Gasteiger partial charge in [-0.15, -0.1) is 11.3 Å². The topological polar surface area (TPSA) is 15.3 Å². The van der Waals surface area contributed by atoms with E-state index in [2.05, 4.69) is 43.1 Å². The highest BCUT2D eigenvalue weighted by molar-refractivity contribution is 7.11. The molecule has 1 aliphatic rings. The highest BCUT2D eigenvalue weighted by Gasteiger charge is 2.19. The Hall–Kier alpha value is -0.380. The van der Waals surface area contributed by atoms with Gasteiger partial charge in [0, 0.05) is 34.9 Å². The molecule has 1 atom stereocenters. The molecule has 1 aromatic heterocycles. The summed E-state index contributed by atoms with van der Waals surface area (Å²) in [7, 11) is 0. The Balaban J connectivity index is 1.90. The summed E-state index contributed by atoms with van der Waals surface area (Å²) in [5, 5.41) is 3.51. The van der Waals surface area contributed by atoms with Gasteiger partial charge in [-0.3, -0.25) is 4.90 Å². The monoisotopic (exact) mass is 294 g/mol. The van der Waals surface area contributed by atoms with Crippen molar-refractivity contribution in [2.75, 3.05) is 6.54 Å². The van der Waals surface area contributed by atoms with Gasteiger partial charge in [0.15, 0.2) is 0 Å². The number of thiophene rings is 1. The lowest BCUT2D eigenvalue weighted by molar-refractivity contribution is 0.188. The van der Waals surface area contributed by atoms with Gasteiger partial charge in [-0.05, 0) is 37.9 Å². The molecule has 0 saturated carbocycles. The summed E-state index contributed by atoms with van der Waals surface area (Å²) < 4.78 is 0. The van der Waals surface area contributed by atoms with E-state index in [1.54, 1.807) is 0 Å². The SMILES string of the molecule is CCC1CCCCCN1Cc1ccc(CNC(C)C)s1. The van der Waals surface area contributed by atoms with Crippen LogP contribution in [-0.4, -0.2) is 23.5 Å². The van der Waals surface area contributed by atoms with Crippen LogP contribution in [0.4, 0.5) is 0 Å². The van der Waals surface area contributed by atoms with E-state index in [0.717, 1.165) is 19.1 Å². The second kappa shape index (κ2) is 8.16. The molecule has 1 N–H and O–H groups in total. The Morgan fingerprint density at radius 1 is 1.25 bits per heavy atom. The van der Waals surface area contributed by atoms with Crippen LogP contribution >= 0.6 is 11.3 Å². The number of nitrogens with one attached hydrogen (secondary N) is 1. The standard InChI is InChI=1S/C17H30N2S/c1-4-15-8-6-5-7-11-19(15)13-17-10-9-16(20-17)12-18-14(2)3/h9-10,14-15,18H,4-8,11-13H2,1-3H3. The van der Waals surface area contributed by atoms with Gasteiger partial charge in [0.1, 0.15) is 0 Å². The zero-order valence-corrected chi connectivity index (χ0v) is 14.1. The van der Waals surface area contributed by atoms with Crippen LogP contribution in [0, 0.1) is 0 Å². The first-order chi connectivity index (χ1) is 9.69. The molecule has 114 valence electrons. The molecule has 1 aliphatic heterocycles. The number of hydrogen-bond donors (Lipinski definition) is 1. The van der Waals surface area contributed by atoms with Crippen LogP contribution in [0.15, 0.2) is 12.1 Å². The molecule has 0 aliphatic carbocycles. The molecule has 2 heterocycles.